The summed E-state index contributed by atoms with van der Waals surface area (Å²) in [5.41, 5.74) is 1.11. The zero-order valence-corrected chi connectivity index (χ0v) is 16.4. The third-order valence-electron chi connectivity index (χ3n) is 4.07. The Balaban J connectivity index is 2.08. The molecule has 0 aliphatic rings. The number of rotatable bonds is 8. The first-order valence-corrected chi connectivity index (χ1v) is 10.0. The number of hydrogen-bond acceptors (Lipinski definition) is 4. The number of benzene rings is 2. The van der Waals surface area contributed by atoms with Crippen LogP contribution < -0.4 is 10.0 Å². The fourth-order valence-corrected chi connectivity index (χ4v) is 3.70. The van der Waals surface area contributed by atoms with E-state index in [1.54, 1.807) is 19.1 Å². The van der Waals surface area contributed by atoms with E-state index in [0.717, 1.165) is 5.56 Å². The highest BCUT2D eigenvalue weighted by Crippen LogP contribution is 2.18. The van der Waals surface area contributed by atoms with Crippen LogP contribution in [-0.2, 0) is 10.0 Å². The normalized spacial score (nSPS) is 12.8. The molecule has 0 aliphatic heterocycles. The van der Waals surface area contributed by atoms with E-state index in [0.29, 0.717) is 5.56 Å². The van der Waals surface area contributed by atoms with Crippen LogP contribution in [0.3, 0.4) is 0 Å². The lowest BCUT2D eigenvalue weighted by molar-refractivity contribution is 0.0942. The van der Waals surface area contributed by atoms with Crippen molar-refractivity contribution in [3.8, 4) is 0 Å². The SMILES string of the molecule is CCNS(=O)(=O)c1ccc(C(=O)NCC(c2cccc(F)c2)N(C)C)cc1. The molecule has 0 radical (unpaired) electrons. The number of nitrogens with one attached hydrogen (secondary N) is 2. The molecule has 0 fully saturated rings. The van der Waals surface area contributed by atoms with Crippen LogP contribution in [0.1, 0.15) is 28.9 Å². The van der Waals surface area contributed by atoms with E-state index in [9.17, 15) is 17.6 Å². The number of amides is 1. The molecule has 0 saturated carbocycles. The van der Waals surface area contributed by atoms with Crippen molar-refractivity contribution in [1.82, 2.24) is 14.9 Å². The Labute approximate surface area is 159 Å². The highest BCUT2D eigenvalue weighted by molar-refractivity contribution is 7.89. The molecule has 0 aliphatic carbocycles. The monoisotopic (exact) mass is 393 g/mol. The Morgan fingerprint density at radius 3 is 2.37 bits per heavy atom. The molecule has 0 heterocycles. The first-order chi connectivity index (χ1) is 12.7. The molecule has 2 rings (SSSR count). The van der Waals surface area contributed by atoms with Crippen LogP contribution >= 0.6 is 0 Å². The molecule has 0 spiro atoms. The summed E-state index contributed by atoms with van der Waals surface area (Å²) in [6, 6.07) is 11.8. The number of sulfonamides is 1. The number of halogens is 1. The van der Waals surface area contributed by atoms with Gasteiger partial charge in [0.15, 0.2) is 0 Å². The lowest BCUT2D eigenvalue weighted by atomic mass is 10.1. The lowest BCUT2D eigenvalue weighted by Crippen LogP contribution is -2.34. The van der Waals surface area contributed by atoms with Gasteiger partial charge in [-0.2, -0.15) is 0 Å². The molecular weight excluding hydrogens is 369 g/mol. The average molecular weight is 393 g/mol. The molecule has 6 nitrogen and oxygen atoms in total. The Hall–Kier alpha value is -2.29. The molecule has 27 heavy (non-hydrogen) atoms. The van der Waals surface area contributed by atoms with Gasteiger partial charge in [-0.15, -0.1) is 0 Å². The maximum Gasteiger partial charge on any atom is 0.251 e. The molecule has 1 atom stereocenters. The van der Waals surface area contributed by atoms with Crippen molar-refractivity contribution in [1.29, 1.82) is 0 Å². The van der Waals surface area contributed by atoms with E-state index >= 15 is 0 Å². The highest BCUT2D eigenvalue weighted by atomic mass is 32.2. The minimum atomic E-state index is -3.55. The van der Waals surface area contributed by atoms with Crippen LogP contribution in [0.25, 0.3) is 0 Å². The molecule has 1 amide bonds. The fourth-order valence-electron chi connectivity index (χ4n) is 2.66. The predicted octanol–water partition coefficient (Wildman–Crippen LogP) is 2.16. The number of carbonyl (C=O) groups is 1. The second-order valence-corrected chi connectivity index (χ2v) is 8.04. The topological polar surface area (TPSA) is 78.5 Å². The quantitative estimate of drug-likeness (QED) is 0.720. The average Bonchev–Trinajstić information content (AvgIpc) is 2.61. The summed E-state index contributed by atoms with van der Waals surface area (Å²) in [5, 5.41) is 2.81. The maximum absolute atomic E-state index is 13.5. The molecule has 0 bridgehead atoms. The van der Waals surface area contributed by atoms with Gasteiger partial charge in [-0.25, -0.2) is 17.5 Å². The Morgan fingerprint density at radius 1 is 1.15 bits per heavy atom. The predicted molar refractivity (Wildman–Crippen MR) is 102 cm³/mol. The largest absolute Gasteiger partial charge is 0.350 e. The van der Waals surface area contributed by atoms with Crippen LogP contribution in [0.2, 0.25) is 0 Å². The summed E-state index contributed by atoms with van der Waals surface area (Å²) in [4.78, 5) is 14.4. The standard InChI is InChI=1S/C19H24FN3O3S/c1-4-22-27(25,26)17-10-8-14(9-11-17)19(24)21-13-18(23(2)3)15-6-5-7-16(20)12-15/h5-12,18,22H,4,13H2,1-3H3,(H,21,24). The first kappa shape index (κ1) is 21.0. The smallest absolute Gasteiger partial charge is 0.251 e. The molecule has 2 aromatic carbocycles. The van der Waals surface area contributed by atoms with Crippen LogP contribution in [0, 0.1) is 5.82 Å². The van der Waals surface area contributed by atoms with Gasteiger partial charge in [0.05, 0.1) is 10.9 Å². The molecule has 2 N–H and O–H groups in total. The van der Waals surface area contributed by atoms with Crippen molar-refractivity contribution in [2.75, 3.05) is 27.2 Å². The Kier molecular flexibility index (Phi) is 7.06. The second-order valence-electron chi connectivity index (χ2n) is 6.27. The third-order valence-corrected chi connectivity index (χ3v) is 5.64. The molecule has 8 heteroatoms. The summed E-state index contributed by atoms with van der Waals surface area (Å²) < 4.78 is 39.8. The van der Waals surface area contributed by atoms with E-state index in [1.165, 1.54) is 36.4 Å². The lowest BCUT2D eigenvalue weighted by Gasteiger charge is -2.25. The van der Waals surface area contributed by atoms with Crippen LogP contribution in [0.15, 0.2) is 53.4 Å². The molecule has 146 valence electrons. The number of carbonyl (C=O) groups excluding carboxylic acids is 1. The van der Waals surface area contributed by atoms with Gasteiger partial charge in [0, 0.05) is 18.7 Å². The highest BCUT2D eigenvalue weighted by Gasteiger charge is 2.17. The molecule has 1 unspecified atom stereocenters. The minimum Gasteiger partial charge on any atom is -0.350 e. The van der Waals surface area contributed by atoms with E-state index in [-0.39, 0.29) is 35.8 Å². The van der Waals surface area contributed by atoms with Gasteiger partial charge in [0.25, 0.3) is 5.91 Å². The van der Waals surface area contributed by atoms with Gasteiger partial charge in [-0.3, -0.25) is 4.79 Å². The van der Waals surface area contributed by atoms with Crippen molar-refractivity contribution in [3.63, 3.8) is 0 Å². The van der Waals surface area contributed by atoms with Gasteiger partial charge < -0.3 is 10.2 Å². The van der Waals surface area contributed by atoms with E-state index < -0.39 is 10.0 Å². The van der Waals surface area contributed by atoms with Gasteiger partial charge in [0.1, 0.15) is 5.82 Å². The minimum absolute atomic E-state index is 0.104. The third kappa shape index (κ3) is 5.59. The maximum atomic E-state index is 13.5. The van der Waals surface area contributed by atoms with Crippen molar-refractivity contribution >= 4 is 15.9 Å². The zero-order valence-electron chi connectivity index (χ0n) is 15.6. The molecular formula is C19H24FN3O3S. The number of likely N-dealkylation sites (N-methyl/N-ethyl adjacent to an activating group) is 1. The van der Waals surface area contributed by atoms with Gasteiger partial charge in [-0.05, 0) is 56.1 Å². The summed E-state index contributed by atoms with van der Waals surface area (Å²) in [7, 11) is 0.145. The van der Waals surface area contributed by atoms with Gasteiger partial charge >= 0.3 is 0 Å². The summed E-state index contributed by atoms with van der Waals surface area (Å²) in [5.74, 6) is -0.659. The van der Waals surface area contributed by atoms with Crippen molar-refractivity contribution in [2.24, 2.45) is 0 Å². The van der Waals surface area contributed by atoms with Crippen molar-refractivity contribution in [3.05, 3.63) is 65.5 Å². The van der Waals surface area contributed by atoms with E-state index in [2.05, 4.69) is 10.0 Å². The van der Waals surface area contributed by atoms with Crippen LogP contribution in [-0.4, -0.2) is 46.4 Å². The van der Waals surface area contributed by atoms with Crippen LogP contribution in [0.4, 0.5) is 4.39 Å². The Morgan fingerprint density at radius 2 is 1.81 bits per heavy atom. The summed E-state index contributed by atoms with van der Waals surface area (Å²) in [6.07, 6.45) is 0. The fraction of sp³-hybridized carbons (Fsp3) is 0.316. The van der Waals surface area contributed by atoms with Crippen molar-refractivity contribution in [2.45, 2.75) is 17.9 Å². The Bertz CT molecular complexity index is 883. The number of hydrogen-bond donors (Lipinski definition) is 2. The van der Waals surface area contributed by atoms with Gasteiger partial charge in [-0.1, -0.05) is 19.1 Å². The first-order valence-electron chi connectivity index (χ1n) is 8.54. The van der Waals surface area contributed by atoms with Gasteiger partial charge in [0.2, 0.25) is 10.0 Å². The zero-order chi connectivity index (χ0) is 20.0. The van der Waals surface area contributed by atoms with E-state index in [1.807, 2.05) is 19.0 Å². The summed E-state index contributed by atoms with van der Waals surface area (Å²) >= 11 is 0. The number of nitrogens with zero attached hydrogens (tertiary/aromatic N) is 1. The summed E-state index contributed by atoms with van der Waals surface area (Å²) in [6.45, 7) is 2.27. The second kappa shape index (κ2) is 9.07. The van der Waals surface area contributed by atoms with Crippen LogP contribution in [0.5, 0.6) is 0 Å². The molecule has 0 saturated heterocycles. The van der Waals surface area contributed by atoms with E-state index in [4.69, 9.17) is 0 Å². The molecule has 2 aromatic rings. The molecule has 0 aromatic heterocycles. The van der Waals surface area contributed by atoms with Crippen molar-refractivity contribution < 1.29 is 17.6 Å².